The maximum Gasteiger partial charge on any atom is 0.378 e. The number of ether oxygens (including phenoxy) is 3. The SMILES string of the molecule is O=C1OC(C2COC3(CCCC3)O2)C(O)C1=O. The summed E-state index contributed by atoms with van der Waals surface area (Å²) in [6.07, 6.45) is 0.820. The Kier molecular flexibility index (Phi) is 2.46. The molecule has 17 heavy (non-hydrogen) atoms. The van der Waals surface area contributed by atoms with E-state index in [1.54, 1.807) is 0 Å². The van der Waals surface area contributed by atoms with Crippen LogP contribution in [0.4, 0.5) is 0 Å². The quantitative estimate of drug-likeness (QED) is 0.494. The van der Waals surface area contributed by atoms with E-state index in [0.717, 1.165) is 25.7 Å². The van der Waals surface area contributed by atoms with Crippen molar-refractivity contribution in [2.45, 2.75) is 49.8 Å². The van der Waals surface area contributed by atoms with E-state index < -0.39 is 35.9 Å². The van der Waals surface area contributed by atoms with Gasteiger partial charge in [-0.15, -0.1) is 0 Å². The van der Waals surface area contributed by atoms with Crippen LogP contribution in [-0.4, -0.2) is 47.6 Å². The van der Waals surface area contributed by atoms with Gasteiger partial charge in [-0.2, -0.15) is 0 Å². The van der Waals surface area contributed by atoms with E-state index in [-0.39, 0.29) is 6.61 Å². The molecule has 3 unspecified atom stereocenters. The van der Waals surface area contributed by atoms with Gasteiger partial charge in [0.15, 0.2) is 18.0 Å². The maximum atomic E-state index is 11.2. The molecule has 3 rings (SSSR count). The molecule has 0 radical (unpaired) electrons. The van der Waals surface area contributed by atoms with Crippen LogP contribution in [0, 0.1) is 0 Å². The molecule has 0 aromatic heterocycles. The van der Waals surface area contributed by atoms with Crippen LogP contribution in [0.5, 0.6) is 0 Å². The van der Waals surface area contributed by atoms with Crippen LogP contribution < -0.4 is 0 Å². The molecule has 3 aliphatic rings. The maximum absolute atomic E-state index is 11.2. The molecule has 0 bridgehead atoms. The van der Waals surface area contributed by atoms with Gasteiger partial charge in [0.25, 0.3) is 5.78 Å². The molecule has 3 fully saturated rings. The van der Waals surface area contributed by atoms with Gasteiger partial charge in [-0.1, -0.05) is 0 Å². The van der Waals surface area contributed by atoms with Gasteiger partial charge in [-0.05, 0) is 12.8 Å². The number of carbonyl (C=O) groups excluding carboxylic acids is 2. The van der Waals surface area contributed by atoms with Crippen molar-refractivity contribution in [3.05, 3.63) is 0 Å². The smallest absolute Gasteiger partial charge is 0.378 e. The number of aliphatic hydroxyl groups excluding tert-OH is 1. The van der Waals surface area contributed by atoms with Crippen molar-refractivity contribution in [1.82, 2.24) is 0 Å². The molecule has 1 N–H and O–H groups in total. The minimum absolute atomic E-state index is 0.252. The number of Topliss-reactive ketones (excluding diaryl/α,β-unsaturated/α-hetero) is 1. The molecule has 3 atom stereocenters. The van der Waals surface area contributed by atoms with Crippen LogP contribution in [0.25, 0.3) is 0 Å². The fourth-order valence-electron chi connectivity index (χ4n) is 2.71. The van der Waals surface area contributed by atoms with E-state index in [9.17, 15) is 14.7 Å². The highest BCUT2D eigenvalue weighted by Crippen LogP contribution is 2.41. The van der Waals surface area contributed by atoms with Crippen molar-refractivity contribution >= 4 is 11.8 Å². The number of cyclic esters (lactones) is 1. The highest BCUT2D eigenvalue weighted by molar-refractivity contribution is 6.37. The Morgan fingerprint density at radius 1 is 1.24 bits per heavy atom. The normalized spacial score (nSPS) is 40.2. The highest BCUT2D eigenvalue weighted by Gasteiger charge is 2.53. The Labute approximate surface area is 97.8 Å². The van der Waals surface area contributed by atoms with Crippen molar-refractivity contribution in [3.8, 4) is 0 Å². The summed E-state index contributed by atoms with van der Waals surface area (Å²) in [5.74, 6) is -2.47. The first kappa shape index (κ1) is 11.1. The van der Waals surface area contributed by atoms with Crippen molar-refractivity contribution in [3.63, 3.8) is 0 Å². The lowest BCUT2D eigenvalue weighted by Gasteiger charge is -2.23. The van der Waals surface area contributed by atoms with E-state index in [1.165, 1.54) is 0 Å². The second kappa shape index (κ2) is 3.76. The summed E-state index contributed by atoms with van der Waals surface area (Å²) in [5.41, 5.74) is 0. The molecule has 6 nitrogen and oxygen atoms in total. The van der Waals surface area contributed by atoms with Crippen molar-refractivity contribution in [1.29, 1.82) is 0 Å². The molecular weight excluding hydrogens is 228 g/mol. The number of hydrogen-bond donors (Lipinski definition) is 1. The van der Waals surface area contributed by atoms with Crippen LogP contribution in [0.15, 0.2) is 0 Å². The van der Waals surface area contributed by atoms with Crippen LogP contribution in [-0.2, 0) is 23.8 Å². The summed E-state index contributed by atoms with van der Waals surface area (Å²) in [6.45, 7) is 0.252. The van der Waals surface area contributed by atoms with Crippen molar-refractivity contribution in [2.75, 3.05) is 6.61 Å². The molecule has 0 aromatic rings. The molecule has 2 saturated heterocycles. The number of rotatable bonds is 1. The number of ketones is 1. The Hall–Kier alpha value is -0.980. The molecule has 6 heteroatoms. The standard InChI is InChI=1S/C11H14O6/c12-7-8(13)10(14)16-9(7)6-5-15-11(17-6)3-1-2-4-11/h6-7,9,12H,1-5H2. The van der Waals surface area contributed by atoms with Gasteiger partial charge in [0.1, 0.15) is 6.10 Å². The summed E-state index contributed by atoms with van der Waals surface area (Å²) >= 11 is 0. The third-order valence-electron chi connectivity index (χ3n) is 3.63. The molecule has 94 valence electrons. The van der Waals surface area contributed by atoms with E-state index in [2.05, 4.69) is 0 Å². The largest absolute Gasteiger partial charge is 0.450 e. The fraction of sp³-hybridized carbons (Fsp3) is 0.818. The number of hydrogen-bond acceptors (Lipinski definition) is 6. The van der Waals surface area contributed by atoms with Gasteiger partial charge in [0.05, 0.1) is 6.61 Å². The van der Waals surface area contributed by atoms with Gasteiger partial charge in [0.2, 0.25) is 0 Å². The van der Waals surface area contributed by atoms with Gasteiger partial charge in [-0.3, -0.25) is 4.79 Å². The third kappa shape index (κ3) is 1.67. The fourth-order valence-corrected chi connectivity index (χ4v) is 2.71. The second-order valence-electron chi connectivity index (χ2n) is 4.76. The Morgan fingerprint density at radius 2 is 1.94 bits per heavy atom. The predicted molar refractivity (Wildman–Crippen MR) is 52.9 cm³/mol. The Morgan fingerprint density at radius 3 is 2.53 bits per heavy atom. The first-order valence-electron chi connectivity index (χ1n) is 5.86. The van der Waals surface area contributed by atoms with Gasteiger partial charge in [0, 0.05) is 12.8 Å². The van der Waals surface area contributed by atoms with Crippen LogP contribution in [0.3, 0.4) is 0 Å². The van der Waals surface area contributed by atoms with Crippen molar-refractivity contribution < 1.29 is 28.9 Å². The van der Waals surface area contributed by atoms with E-state index in [1.807, 2.05) is 0 Å². The number of carbonyl (C=O) groups is 2. The second-order valence-corrected chi connectivity index (χ2v) is 4.76. The summed E-state index contributed by atoms with van der Waals surface area (Å²) in [7, 11) is 0. The molecule has 2 aliphatic heterocycles. The van der Waals surface area contributed by atoms with E-state index >= 15 is 0 Å². The zero-order chi connectivity index (χ0) is 12.0. The zero-order valence-electron chi connectivity index (χ0n) is 9.26. The summed E-state index contributed by atoms with van der Waals surface area (Å²) in [5, 5.41) is 9.59. The first-order valence-corrected chi connectivity index (χ1v) is 5.86. The van der Waals surface area contributed by atoms with E-state index in [4.69, 9.17) is 14.2 Å². The van der Waals surface area contributed by atoms with Crippen LogP contribution >= 0.6 is 0 Å². The third-order valence-corrected chi connectivity index (χ3v) is 3.63. The van der Waals surface area contributed by atoms with Crippen molar-refractivity contribution in [2.24, 2.45) is 0 Å². The van der Waals surface area contributed by atoms with Crippen LogP contribution in [0.2, 0.25) is 0 Å². The molecule has 1 saturated carbocycles. The van der Waals surface area contributed by atoms with Gasteiger partial charge in [-0.25, -0.2) is 4.79 Å². The lowest BCUT2D eigenvalue weighted by molar-refractivity contribution is -0.180. The summed E-state index contributed by atoms with van der Waals surface area (Å²) in [4.78, 5) is 22.2. The van der Waals surface area contributed by atoms with Gasteiger partial charge < -0.3 is 19.3 Å². The molecule has 1 aliphatic carbocycles. The minimum atomic E-state index is -1.42. The molecular formula is C11H14O6. The first-order chi connectivity index (χ1) is 8.11. The number of esters is 1. The molecule has 0 amide bonds. The summed E-state index contributed by atoms with van der Waals surface area (Å²) in [6, 6.07) is 0. The average molecular weight is 242 g/mol. The molecule has 2 heterocycles. The Bertz CT molecular complexity index is 359. The number of aliphatic hydroxyl groups is 1. The average Bonchev–Trinajstić information content (AvgIpc) is 2.99. The molecule has 1 spiro atoms. The minimum Gasteiger partial charge on any atom is -0.450 e. The molecule has 0 aromatic carbocycles. The van der Waals surface area contributed by atoms with Crippen LogP contribution in [0.1, 0.15) is 25.7 Å². The van der Waals surface area contributed by atoms with E-state index in [0.29, 0.717) is 0 Å². The Balaban J connectivity index is 1.71. The lowest BCUT2D eigenvalue weighted by Crippen LogP contribution is -2.39. The highest BCUT2D eigenvalue weighted by atomic mass is 16.8. The summed E-state index contributed by atoms with van der Waals surface area (Å²) < 4.78 is 16.2. The lowest BCUT2D eigenvalue weighted by atomic mass is 10.1. The zero-order valence-corrected chi connectivity index (χ0v) is 9.26. The van der Waals surface area contributed by atoms with Gasteiger partial charge >= 0.3 is 5.97 Å². The predicted octanol–water partition coefficient (Wildman–Crippen LogP) is -0.473. The monoisotopic (exact) mass is 242 g/mol. The topological polar surface area (TPSA) is 82.1 Å².